The molecule has 0 aliphatic carbocycles. The summed E-state index contributed by atoms with van der Waals surface area (Å²) in [5.41, 5.74) is 3.71. The topological polar surface area (TPSA) is 75.9 Å². The van der Waals surface area contributed by atoms with Gasteiger partial charge in [0.05, 0.1) is 5.56 Å². The zero-order chi connectivity index (χ0) is 28.6. The lowest BCUT2D eigenvalue weighted by molar-refractivity contribution is 0.0240. The summed E-state index contributed by atoms with van der Waals surface area (Å²) in [7, 11) is 0. The standard InChI is InChI=1S/C33H40N6O2/c1-33(2,3)41-32(40)38-20-18-37(19-21-38)30-26-14-17-39(29-13-9-11-24-10-5-6-12-25(24)29)23-28(26)27(22-34)31(35-30)36-15-7-4-8-16-36/h5-6,9-13H,4,7-8,14-21,23H2,1-3H3. The van der Waals surface area contributed by atoms with E-state index in [0.29, 0.717) is 32.7 Å². The number of benzene rings is 2. The van der Waals surface area contributed by atoms with Crippen molar-refractivity contribution in [2.24, 2.45) is 0 Å². The van der Waals surface area contributed by atoms with Gasteiger partial charge in [0.2, 0.25) is 0 Å². The van der Waals surface area contributed by atoms with E-state index in [1.807, 2.05) is 20.8 Å². The molecule has 8 nitrogen and oxygen atoms in total. The third kappa shape index (κ3) is 5.50. The summed E-state index contributed by atoms with van der Waals surface area (Å²) in [5.74, 6) is 1.82. The number of carbonyl (C=O) groups is 1. The Morgan fingerprint density at radius 3 is 2.27 bits per heavy atom. The van der Waals surface area contributed by atoms with Crippen LogP contribution in [0, 0.1) is 11.3 Å². The Morgan fingerprint density at radius 1 is 0.829 bits per heavy atom. The van der Waals surface area contributed by atoms with E-state index in [0.717, 1.165) is 61.7 Å². The highest BCUT2D eigenvalue weighted by atomic mass is 16.6. The molecule has 0 saturated carbocycles. The van der Waals surface area contributed by atoms with Crippen molar-refractivity contribution in [1.82, 2.24) is 9.88 Å². The summed E-state index contributed by atoms with van der Waals surface area (Å²) in [6.07, 6.45) is 4.03. The molecule has 1 amide bonds. The Labute approximate surface area is 243 Å². The van der Waals surface area contributed by atoms with Crippen LogP contribution in [0.5, 0.6) is 0 Å². The average Bonchev–Trinajstić information content (AvgIpc) is 2.99. The lowest BCUT2D eigenvalue weighted by Gasteiger charge is -2.40. The molecule has 1 aromatic heterocycles. The molecule has 3 aliphatic heterocycles. The third-order valence-corrected chi connectivity index (χ3v) is 8.46. The monoisotopic (exact) mass is 552 g/mol. The van der Waals surface area contributed by atoms with E-state index >= 15 is 0 Å². The molecule has 4 heterocycles. The Kier molecular flexibility index (Phi) is 7.37. The number of hydrogen-bond donors (Lipinski definition) is 0. The van der Waals surface area contributed by atoms with Crippen LogP contribution in [-0.2, 0) is 17.7 Å². The van der Waals surface area contributed by atoms with Crippen LogP contribution >= 0.6 is 0 Å². The number of aromatic nitrogens is 1. The summed E-state index contributed by atoms with van der Waals surface area (Å²) in [5, 5.41) is 13.0. The van der Waals surface area contributed by atoms with E-state index in [4.69, 9.17) is 9.72 Å². The number of fused-ring (bicyclic) bond motifs is 2. The number of piperazine rings is 1. The lowest BCUT2D eigenvalue weighted by atomic mass is 9.93. The van der Waals surface area contributed by atoms with Crippen molar-refractivity contribution in [3.05, 3.63) is 59.2 Å². The van der Waals surface area contributed by atoms with E-state index < -0.39 is 5.60 Å². The molecular formula is C33H40N6O2. The van der Waals surface area contributed by atoms with Crippen LogP contribution in [0.3, 0.4) is 0 Å². The van der Waals surface area contributed by atoms with Crippen LogP contribution in [0.4, 0.5) is 22.1 Å². The minimum absolute atomic E-state index is 0.258. The van der Waals surface area contributed by atoms with Crippen molar-refractivity contribution in [1.29, 1.82) is 5.26 Å². The molecular weight excluding hydrogens is 512 g/mol. The Morgan fingerprint density at radius 2 is 1.54 bits per heavy atom. The molecule has 0 radical (unpaired) electrons. The fourth-order valence-corrected chi connectivity index (χ4v) is 6.43. The second-order valence-corrected chi connectivity index (χ2v) is 12.4. The van der Waals surface area contributed by atoms with Crippen LogP contribution in [0.2, 0.25) is 0 Å². The summed E-state index contributed by atoms with van der Waals surface area (Å²) in [6, 6.07) is 17.6. The fourth-order valence-electron chi connectivity index (χ4n) is 6.43. The maximum Gasteiger partial charge on any atom is 0.410 e. The first-order valence-corrected chi connectivity index (χ1v) is 15.0. The van der Waals surface area contributed by atoms with Crippen LogP contribution in [0.15, 0.2) is 42.5 Å². The highest BCUT2D eigenvalue weighted by molar-refractivity contribution is 5.94. The van der Waals surface area contributed by atoms with Gasteiger partial charge in [0.15, 0.2) is 0 Å². The van der Waals surface area contributed by atoms with Crippen molar-refractivity contribution in [3.63, 3.8) is 0 Å². The van der Waals surface area contributed by atoms with Gasteiger partial charge in [-0.1, -0.05) is 36.4 Å². The predicted octanol–water partition coefficient (Wildman–Crippen LogP) is 5.72. The number of piperidine rings is 1. The zero-order valence-electron chi connectivity index (χ0n) is 24.5. The van der Waals surface area contributed by atoms with Gasteiger partial charge in [0.1, 0.15) is 23.3 Å². The number of nitriles is 1. The average molecular weight is 553 g/mol. The fraction of sp³-hybridized carbons (Fsp3) is 0.485. The normalized spacial score (nSPS) is 17.8. The molecule has 2 fully saturated rings. The maximum absolute atomic E-state index is 12.7. The number of nitrogens with zero attached hydrogens (tertiary/aromatic N) is 6. The maximum atomic E-state index is 12.7. The lowest BCUT2D eigenvalue weighted by Crippen LogP contribution is -2.51. The van der Waals surface area contributed by atoms with E-state index in [1.54, 1.807) is 4.90 Å². The van der Waals surface area contributed by atoms with Gasteiger partial charge in [0.25, 0.3) is 0 Å². The number of pyridine rings is 1. The van der Waals surface area contributed by atoms with Gasteiger partial charge < -0.3 is 24.3 Å². The molecule has 41 heavy (non-hydrogen) atoms. The minimum Gasteiger partial charge on any atom is -0.444 e. The number of rotatable bonds is 3. The number of carbonyl (C=O) groups excluding carboxylic acids is 1. The molecule has 214 valence electrons. The molecule has 8 heteroatoms. The van der Waals surface area contributed by atoms with Crippen molar-refractivity contribution in [2.75, 3.05) is 60.5 Å². The molecule has 3 aliphatic rings. The highest BCUT2D eigenvalue weighted by Gasteiger charge is 2.33. The molecule has 2 aromatic carbocycles. The van der Waals surface area contributed by atoms with Gasteiger partial charge in [-0.15, -0.1) is 0 Å². The van der Waals surface area contributed by atoms with Crippen molar-refractivity contribution in [2.45, 2.75) is 58.6 Å². The summed E-state index contributed by atoms with van der Waals surface area (Å²) in [6.45, 7) is 11.7. The number of anilines is 3. The van der Waals surface area contributed by atoms with Gasteiger partial charge in [0, 0.05) is 69.0 Å². The third-order valence-electron chi connectivity index (χ3n) is 8.46. The molecule has 0 spiro atoms. The Hall–Kier alpha value is -3.99. The first-order valence-electron chi connectivity index (χ1n) is 15.0. The molecule has 0 atom stereocenters. The quantitative estimate of drug-likeness (QED) is 0.412. The Bertz CT molecular complexity index is 1470. The van der Waals surface area contributed by atoms with E-state index in [2.05, 4.69) is 63.2 Å². The van der Waals surface area contributed by atoms with Gasteiger partial charge in [-0.2, -0.15) is 5.26 Å². The molecule has 3 aromatic rings. The predicted molar refractivity (Wildman–Crippen MR) is 164 cm³/mol. The Balaban J connectivity index is 1.35. The molecule has 0 N–H and O–H groups in total. The van der Waals surface area contributed by atoms with Crippen molar-refractivity contribution >= 4 is 34.2 Å². The second-order valence-electron chi connectivity index (χ2n) is 12.4. The molecule has 6 rings (SSSR count). The van der Waals surface area contributed by atoms with Gasteiger partial charge in [-0.05, 0) is 63.5 Å². The zero-order valence-corrected chi connectivity index (χ0v) is 24.5. The first-order chi connectivity index (χ1) is 19.8. The highest BCUT2D eigenvalue weighted by Crippen LogP contribution is 2.39. The van der Waals surface area contributed by atoms with Crippen molar-refractivity contribution in [3.8, 4) is 6.07 Å². The van der Waals surface area contributed by atoms with Crippen LogP contribution in [0.25, 0.3) is 10.8 Å². The van der Waals surface area contributed by atoms with E-state index in [1.165, 1.54) is 28.4 Å². The van der Waals surface area contributed by atoms with Gasteiger partial charge in [-0.3, -0.25) is 0 Å². The summed E-state index contributed by atoms with van der Waals surface area (Å²) >= 11 is 0. The first kappa shape index (κ1) is 27.2. The van der Waals surface area contributed by atoms with Crippen molar-refractivity contribution < 1.29 is 9.53 Å². The smallest absolute Gasteiger partial charge is 0.410 e. The SMILES string of the molecule is CC(C)(C)OC(=O)N1CCN(c2nc(N3CCCCC3)c(C#N)c3c2CCN(c2cccc4ccccc24)C3)CC1. The number of hydrogen-bond acceptors (Lipinski definition) is 7. The molecule has 2 saturated heterocycles. The minimum atomic E-state index is -0.513. The number of ether oxygens (including phenoxy) is 1. The van der Waals surface area contributed by atoms with Gasteiger partial charge >= 0.3 is 6.09 Å². The van der Waals surface area contributed by atoms with Gasteiger partial charge in [-0.25, -0.2) is 9.78 Å². The van der Waals surface area contributed by atoms with Crippen LogP contribution in [-0.4, -0.2) is 67.4 Å². The van der Waals surface area contributed by atoms with Crippen LogP contribution < -0.4 is 14.7 Å². The largest absolute Gasteiger partial charge is 0.444 e. The number of amides is 1. The second kappa shape index (κ2) is 11.1. The molecule has 0 unspecified atom stereocenters. The van der Waals surface area contributed by atoms with E-state index in [-0.39, 0.29) is 6.09 Å². The van der Waals surface area contributed by atoms with E-state index in [9.17, 15) is 10.1 Å². The molecule has 0 bridgehead atoms. The van der Waals surface area contributed by atoms with Crippen LogP contribution in [0.1, 0.15) is 56.7 Å². The summed E-state index contributed by atoms with van der Waals surface area (Å²) in [4.78, 5) is 26.8. The summed E-state index contributed by atoms with van der Waals surface area (Å²) < 4.78 is 5.63.